The predicted octanol–water partition coefficient (Wildman–Crippen LogP) is 6.46. The molecule has 0 amide bonds. The van der Waals surface area contributed by atoms with Crippen LogP contribution in [-0.4, -0.2) is 29.0 Å². The highest BCUT2D eigenvalue weighted by Crippen LogP contribution is 2.40. The zero-order chi connectivity index (χ0) is 27.8. The van der Waals surface area contributed by atoms with Crippen LogP contribution < -0.4 is 14.4 Å². The van der Waals surface area contributed by atoms with Crippen LogP contribution in [-0.2, 0) is 12.8 Å². The van der Waals surface area contributed by atoms with Gasteiger partial charge in [0.05, 0.1) is 11.2 Å². The van der Waals surface area contributed by atoms with Gasteiger partial charge in [-0.2, -0.15) is 17.9 Å². The van der Waals surface area contributed by atoms with Gasteiger partial charge in [-0.15, -0.1) is 0 Å². The number of hydrogen-bond acceptors (Lipinski definition) is 5. The average molecular weight is 545 g/mol. The van der Waals surface area contributed by atoms with Gasteiger partial charge in [-0.25, -0.2) is 18.7 Å². The van der Waals surface area contributed by atoms with E-state index in [0.29, 0.717) is 21.4 Å². The molecule has 5 rings (SSSR count). The molecule has 39 heavy (non-hydrogen) atoms. The zero-order valence-electron chi connectivity index (χ0n) is 21.0. The monoisotopic (exact) mass is 544 g/mol. The van der Waals surface area contributed by atoms with Gasteiger partial charge in [-0.3, -0.25) is 0 Å². The minimum Gasteiger partial charge on any atom is -0.619 e. The molecule has 11 heteroatoms. The van der Waals surface area contributed by atoms with Crippen molar-refractivity contribution >= 4 is 16.7 Å². The Morgan fingerprint density at radius 3 is 2.56 bits per heavy atom. The van der Waals surface area contributed by atoms with E-state index < -0.39 is 24.2 Å². The van der Waals surface area contributed by atoms with Crippen molar-refractivity contribution in [2.75, 3.05) is 18.0 Å². The summed E-state index contributed by atoms with van der Waals surface area (Å²) < 4.78 is 76.4. The first kappa shape index (κ1) is 26.6. The molecular weight excluding hydrogens is 519 g/mol. The molecule has 1 saturated heterocycles. The first-order chi connectivity index (χ1) is 18.5. The minimum atomic E-state index is -4.73. The lowest BCUT2D eigenvalue weighted by Crippen LogP contribution is -2.28. The molecule has 3 aromatic heterocycles. The molecule has 4 heterocycles. The maximum absolute atomic E-state index is 14.1. The highest BCUT2D eigenvalue weighted by molar-refractivity contribution is 5.88. The number of aromatic nitrogens is 3. The van der Waals surface area contributed by atoms with Gasteiger partial charge in [0.15, 0.2) is 12.4 Å². The third-order valence-corrected chi connectivity index (χ3v) is 6.68. The van der Waals surface area contributed by atoms with Gasteiger partial charge in [0.1, 0.15) is 29.3 Å². The molecule has 6 nitrogen and oxygen atoms in total. The Balaban J connectivity index is 1.65. The van der Waals surface area contributed by atoms with E-state index >= 15 is 0 Å². The molecule has 0 bridgehead atoms. The summed E-state index contributed by atoms with van der Waals surface area (Å²) in [5, 5.41) is 12.5. The number of pyridine rings is 3. The van der Waals surface area contributed by atoms with Crippen LogP contribution in [0.25, 0.3) is 22.2 Å². The van der Waals surface area contributed by atoms with E-state index in [-0.39, 0.29) is 55.2 Å². The number of ether oxygens (including phenoxy) is 1. The smallest absolute Gasteiger partial charge is 0.433 e. The third-order valence-electron chi connectivity index (χ3n) is 6.68. The molecule has 1 fully saturated rings. The van der Waals surface area contributed by atoms with Crippen LogP contribution in [0.5, 0.6) is 5.75 Å². The number of hydrogen-bond donors (Lipinski definition) is 0. The standard InChI is InChI=1S/C28H25F5N4O2/c1-18-14-20(26(35-25(18)28(31,32)33)36-11-5-9-27(29,30)10-13-36)23-15-24(39-17-19-6-3-2-4-7-19)21-16-37(38)12-8-22(21)34-23/h2-4,6-8,12,14-16H,5,9-11,13,17H2,1H3. The number of benzene rings is 1. The van der Waals surface area contributed by atoms with E-state index in [9.17, 15) is 27.2 Å². The molecule has 204 valence electrons. The zero-order valence-corrected chi connectivity index (χ0v) is 21.0. The Morgan fingerprint density at radius 1 is 1.05 bits per heavy atom. The van der Waals surface area contributed by atoms with Crippen LogP contribution in [0.15, 0.2) is 60.9 Å². The van der Waals surface area contributed by atoms with Crippen LogP contribution in [0.4, 0.5) is 27.8 Å². The van der Waals surface area contributed by atoms with Crippen LogP contribution >= 0.6 is 0 Å². The lowest BCUT2D eigenvalue weighted by atomic mass is 10.0. The van der Waals surface area contributed by atoms with Crippen molar-refractivity contribution in [3.8, 4) is 17.0 Å². The summed E-state index contributed by atoms with van der Waals surface area (Å²) in [5.74, 6) is -2.67. The van der Waals surface area contributed by atoms with Crippen molar-refractivity contribution in [2.45, 2.75) is 44.9 Å². The molecule has 0 aliphatic carbocycles. The van der Waals surface area contributed by atoms with Gasteiger partial charge in [0, 0.05) is 43.6 Å². The van der Waals surface area contributed by atoms with Crippen LogP contribution in [0.3, 0.4) is 0 Å². The minimum absolute atomic E-state index is 0.0682. The molecular formula is C28H25F5N4O2. The van der Waals surface area contributed by atoms with E-state index in [1.165, 1.54) is 36.4 Å². The highest BCUT2D eigenvalue weighted by Gasteiger charge is 2.38. The Labute approximate surface area is 221 Å². The second-order valence-electron chi connectivity index (χ2n) is 9.60. The number of alkyl halides is 5. The third kappa shape index (κ3) is 5.86. The molecule has 0 radical (unpaired) electrons. The van der Waals surface area contributed by atoms with E-state index in [2.05, 4.69) is 9.97 Å². The van der Waals surface area contributed by atoms with Gasteiger partial charge >= 0.3 is 6.18 Å². The summed E-state index contributed by atoms with van der Waals surface area (Å²) in [4.78, 5) is 10.1. The number of rotatable bonds is 5. The SMILES string of the molecule is Cc1cc(-c2cc(OCc3ccccc3)c3c[n+]([O-])ccc3n2)c(N2CCCC(F)(F)CC2)nc1C(F)(F)F. The number of anilines is 1. The van der Waals surface area contributed by atoms with Gasteiger partial charge < -0.3 is 14.8 Å². The van der Waals surface area contributed by atoms with Crippen molar-refractivity contribution in [1.82, 2.24) is 9.97 Å². The maximum Gasteiger partial charge on any atom is 0.433 e. The summed E-state index contributed by atoms with van der Waals surface area (Å²) in [7, 11) is 0. The topological polar surface area (TPSA) is 65.2 Å². The molecule has 0 unspecified atom stereocenters. The van der Waals surface area contributed by atoms with Gasteiger partial charge in [0.25, 0.3) is 0 Å². The molecule has 0 N–H and O–H groups in total. The average Bonchev–Trinajstić information content (AvgIpc) is 3.07. The Morgan fingerprint density at radius 2 is 1.82 bits per heavy atom. The van der Waals surface area contributed by atoms with Crippen LogP contribution in [0, 0.1) is 12.1 Å². The number of aryl methyl sites for hydroxylation is 1. The van der Waals surface area contributed by atoms with E-state index in [4.69, 9.17) is 4.74 Å². The second-order valence-corrected chi connectivity index (χ2v) is 9.60. The Bertz CT molecular complexity index is 1500. The van der Waals surface area contributed by atoms with E-state index in [0.717, 1.165) is 5.56 Å². The number of nitrogens with zero attached hydrogens (tertiary/aromatic N) is 4. The Hall–Kier alpha value is -4.02. The lowest BCUT2D eigenvalue weighted by molar-refractivity contribution is -0.603. The fourth-order valence-electron chi connectivity index (χ4n) is 4.71. The largest absolute Gasteiger partial charge is 0.619 e. The summed E-state index contributed by atoms with van der Waals surface area (Å²) in [6, 6.07) is 13.7. The molecule has 1 aliphatic heterocycles. The van der Waals surface area contributed by atoms with Crippen molar-refractivity contribution in [1.29, 1.82) is 0 Å². The van der Waals surface area contributed by atoms with E-state index in [1.54, 1.807) is 6.07 Å². The number of halogens is 5. The first-order valence-corrected chi connectivity index (χ1v) is 12.4. The molecule has 0 spiro atoms. The van der Waals surface area contributed by atoms with Crippen molar-refractivity contribution in [3.05, 3.63) is 83.0 Å². The fraction of sp³-hybridized carbons (Fsp3) is 0.321. The summed E-state index contributed by atoms with van der Waals surface area (Å²) in [6.07, 6.45) is -2.91. The normalized spacial score (nSPS) is 15.8. The highest BCUT2D eigenvalue weighted by atomic mass is 19.4. The first-order valence-electron chi connectivity index (χ1n) is 12.4. The van der Waals surface area contributed by atoms with Crippen LogP contribution in [0.1, 0.15) is 36.1 Å². The molecule has 0 saturated carbocycles. The summed E-state index contributed by atoms with van der Waals surface area (Å²) >= 11 is 0. The quantitative estimate of drug-likeness (QED) is 0.164. The molecule has 4 aromatic rings. The molecule has 0 atom stereocenters. The Kier molecular flexibility index (Phi) is 7.00. The van der Waals surface area contributed by atoms with E-state index in [1.807, 2.05) is 30.3 Å². The lowest BCUT2D eigenvalue weighted by Gasteiger charge is -2.26. The molecule has 1 aromatic carbocycles. The van der Waals surface area contributed by atoms with Crippen molar-refractivity contribution in [2.24, 2.45) is 0 Å². The van der Waals surface area contributed by atoms with Gasteiger partial charge in [0.2, 0.25) is 5.92 Å². The van der Waals surface area contributed by atoms with Gasteiger partial charge in [-0.1, -0.05) is 30.3 Å². The predicted molar refractivity (Wildman–Crippen MR) is 135 cm³/mol. The fourth-order valence-corrected chi connectivity index (χ4v) is 4.71. The number of fused-ring (bicyclic) bond motifs is 1. The molecule has 1 aliphatic rings. The summed E-state index contributed by atoms with van der Waals surface area (Å²) in [6.45, 7) is 1.44. The second kappa shape index (κ2) is 10.3. The van der Waals surface area contributed by atoms with Gasteiger partial charge in [-0.05, 0) is 30.5 Å². The van der Waals surface area contributed by atoms with Crippen LogP contribution in [0.2, 0.25) is 0 Å². The van der Waals surface area contributed by atoms with Crippen molar-refractivity contribution in [3.63, 3.8) is 0 Å². The maximum atomic E-state index is 14.1. The van der Waals surface area contributed by atoms with Crippen molar-refractivity contribution < 1.29 is 31.4 Å². The summed E-state index contributed by atoms with van der Waals surface area (Å²) in [5.41, 5.74) is 0.564.